The third-order valence-corrected chi connectivity index (χ3v) is 3.71. The first-order valence-electron chi connectivity index (χ1n) is 5.94. The molecule has 4 heteroatoms. The van der Waals surface area contributed by atoms with Crippen LogP contribution in [0.15, 0.2) is 40.9 Å². The SMILES string of the molecule is Cc1ccc(F)c(N2C(=O)Cc3cc(Br)ccc32)c1. The van der Waals surface area contributed by atoms with Crippen LogP contribution in [0.2, 0.25) is 0 Å². The van der Waals surface area contributed by atoms with Crippen molar-refractivity contribution in [1.29, 1.82) is 0 Å². The van der Waals surface area contributed by atoms with Crippen molar-refractivity contribution in [2.24, 2.45) is 0 Å². The van der Waals surface area contributed by atoms with Crippen molar-refractivity contribution in [3.63, 3.8) is 0 Å². The van der Waals surface area contributed by atoms with E-state index < -0.39 is 0 Å². The van der Waals surface area contributed by atoms with Crippen LogP contribution in [0.3, 0.4) is 0 Å². The molecule has 1 amide bonds. The summed E-state index contributed by atoms with van der Waals surface area (Å²) in [4.78, 5) is 13.6. The number of carbonyl (C=O) groups excluding carboxylic acids is 1. The predicted octanol–water partition coefficient (Wildman–Crippen LogP) is 4.12. The number of benzene rings is 2. The van der Waals surface area contributed by atoms with E-state index in [1.54, 1.807) is 12.1 Å². The second-order valence-corrected chi connectivity index (χ2v) is 5.55. The lowest BCUT2D eigenvalue weighted by Gasteiger charge is -2.18. The van der Waals surface area contributed by atoms with Gasteiger partial charge in [0.05, 0.1) is 17.8 Å². The van der Waals surface area contributed by atoms with Gasteiger partial charge in [-0.2, -0.15) is 0 Å². The summed E-state index contributed by atoms with van der Waals surface area (Å²) in [6.07, 6.45) is 0.308. The summed E-state index contributed by atoms with van der Waals surface area (Å²) in [6.45, 7) is 1.88. The van der Waals surface area contributed by atoms with Crippen LogP contribution in [0, 0.1) is 12.7 Å². The van der Waals surface area contributed by atoms with Gasteiger partial charge in [-0.15, -0.1) is 0 Å². The molecule has 1 aliphatic heterocycles. The monoisotopic (exact) mass is 319 g/mol. The normalized spacial score (nSPS) is 13.8. The van der Waals surface area contributed by atoms with E-state index in [4.69, 9.17) is 0 Å². The van der Waals surface area contributed by atoms with Crippen LogP contribution >= 0.6 is 15.9 Å². The highest BCUT2D eigenvalue weighted by molar-refractivity contribution is 9.10. The minimum atomic E-state index is -0.380. The molecular formula is C15H11BrFNO. The Bertz CT molecular complexity index is 684. The first-order chi connectivity index (χ1) is 9.06. The van der Waals surface area contributed by atoms with Crippen molar-refractivity contribution in [3.8, 4) is 0 Å². The first-order valence-corrected chi connectivity index (χ1v) is 6.73. The Labute approximate surface area is 119 Å². The largest absolute Gasteiger partial charge is 0.278 e. The van der Waals surface area contributed by atoms with Crippen LogP contribution < -0.4 is 4.90 Å². The number of fused-ring (bicyclic) bond motifs is 1. The van der Waals surface area contributed by atoms with Gasteiger partial charge in [0.15, 0.2) is 0 Å². The third-order valence-electron chi connectivity index (χ3n) is 3.22. The highest BCUT2D eigenvalue weighted by Gasteiger charge is 2.30. The van der Waals surface area contributed by atoms with Crippen molar-refractivity contribution in [1.82, 2.24) is 0 Å². The fourth-order valence-corrected chi connectivity index (χ4v) is 2.76. The molecule has 1 aliphatic rings. The standard InChI is InChI=1S/C15H11BrFNO/c1-9-2-4-12(17)14(6-9)18-13-5-3-11(16)7-10(13)8-15(18)19/h2-7H,8H2,1H3. The van der Waals surface area contributed by atoms with Crippen molar-refractivity contribution in [3.05, 3.63) is 57.8 Å². The minimum Gasteiger partial charge on any atom is -0.278 e. The van der Waals surface area contributed by atoms with Crippen LogP contribution in [0.1, 0.15) is 11.1 Å². The van der Waals surface area contributed by atoms with Crippen LogP contribution in [0.25, 0.3) is 0 Å². The summed E-state index contributed by atoms with van der Waals surface area (Å²) in [5, 5.41) is 0. The Morgan fingerprint density at radius 2 is 1.95 bits per heavy atom. The summed E-state index contributed by atoms with van der Waals surface area (Å²) in [5.74, 6) is -0.479. The lowest BCUT2D eigenvalue weighted by molar-refractivity contribution is -0.116. The van der Waals surface area contributed by atoms with Gasteiger partial charge >= 0.3 is 0 Å². The molecule has 0 saturated heterocycles. The Hall–Kier alpha value is -1.68. The number of amides is 1. The van der Waals surface area contributed by atoms with E-state index in [-0.39, 0.29) is 11.7 Å². The molecule has 0 saturated carbocycles. The molecule has 0 fully saturated rings. The summed E-state index contributed by atoms with van der Waals surface area (Å²) in [6, 6.07) is 10.4. The van der Waals surface area contributed by atoms with Crippen LogP contribution in [0.4, 0.5) is 15.8 Å². The number of halogens is 2. The van der Waals surface area contributed by atoms with E-state index in [2.05, 4.69) is 15.9 Å². The highest BCUT2D eigenvalue weighted by atomic mass is 79.9. The zero-order valence-corrected chi connectivity index (χ0v) is 11.9. The van der Waals surface area contributed by atoms with E-state index in [1.807, 2.05) is 25.1 Å². The van der Waals surface area contributed by atoms with Gasteiger partial charge in [0, 0.05) is 4.47 Å². The quantitative estimate of drug-likeness (QED) is 0.774. The maximum absolute atomic E-state index is 14.0. The molecule has 0 N–H and O–H groups in total. The van der Waals surface area contributed by atoms with Gasteiger partial charge in [-0.3, -0.25) is 9.69 Å². The zero-order chi connectivity index (χ0) is 13.6. The highest BCUT2D eigenvalue weighted by Crippen LogP contribution is 2.38. The maximum Gasteiger partial charge on any atom is 0.236 e. The number of hydrogen-bond acceptors (Lipinski definition) is 1. The smallest absolute Gasteiger partial charge is 0.236 e. The average molecular weight is 320 g/mol. The molecule has 0 atom stereocenters. The number of nitrogens with zero attached hydrogens (tertiary/aromatic N) is 1. The second kappa shape index (κ2) is 4.46. The lowest BCUT2D eigenvalue weighted by atomic mass is 10.1. The maximum atomic E-state index is 14.0. The summed E-state index contributed by atoms with van der Waals surface area (Å²) < 4.78 is 14.9. The number of aryl methyl sites for hydroxylation is 1. The number of rotatable bonds is 1. The first kappa shape index (κ1) is 12.4. The Morgan fingerprint density at radius 1 is 1.16 bits per heavy atom. The molecule has 0 bridgehead atoms. The molecule has 2 aromatic rings. The molecule has 2 nitrogen and oxygen atoms in total. The van der Waals surface area contributed by atoms with Gasteiger partial charge in [0.1, 0.15) is 5.82 Å². The molecule has 0 aliphatic carbocycles. The number of carbonyl (C=O) groups is 1. The van der Waals surface area contributed by atoms with Crippen molar-refractivity contribution in [2.75, 3.05) is 4.90 Å². The second-order valence-electron chi connectivity index (χ2n) is 4.63. The van der Waals surface area contributed by atoms with E-state index >= 15 is 0 Å². The molecule has 0 unspecified atom stereocenters. The van der Waals surface area contributed by atoms with E-state index in [0.29, 0.717) is 12.1 Å². The third kappa shape index (κ3) is 2.06. The summed E-state index contributed by atoms with van der Waals surface area (Å²) in [7, 11) is 0. The van der Waals surface area contributed by atoms with Gasteiger partial charge in [-0.25, -0.2) is 4.39 Å². The molecular weight excluding hydrogens is 309 g/mol. The molecule has 0 aromatic heterocycles. The summed E-state index contributed by atoms with van der Waals surface area (Å²) in [5.41, 5.74) is 2.93. The van der Waals surface area contributed by atoms with Crippen LogP contribution in [-0.4, -0.2) is 5.91 Å². The molecule has 96 valence electrons. The zero-order valence-electron chi connectivity index (χ0n) is 10.3. The van der Waals surface area contributed by atoms with E-state index in [0.717, 1.165) is 21.3 Å². The van der Waals surface area contributed by atoms with Gasteiger partial charge in [-0.1, -0.05) is 22.0 Å². The van der Waals surface area contributed by atoms with Gasteiger partial charge in [0.25, 0.3) is 0 Å². The van der Waals surface area contributed by atoms with Crippen LogP contribution in [0.5, 0.6) is 0 Å². The molecule has 3 rings (SSSR count). The summed E-state index contributed by atoms with van der Waals surface area (Å²) >= 11 is 3.38. The number of hydrogen-bond donors (Lipinski definition) is 0. The fourth-order valence-electron chi connectivity index (χ4n) is 2.35. The van der Waals surface area contributed by atoms with Crippen molar-refractivity contribution in [2.45, 2.75) is 13.3 Å². The van der Waals surface area contributed by atoms with Crippen LogP contribution in [-0.2, 0) is 11.2 Å². The average Bonchev–Trinajstić information content (AvgIpc) is 2.67. The Balaban J connectivity index is 2.16. The topological polar surface area (TPSA) is 20.3 Å². The molecule has 1 heterocycles. The Kier molecular flexibility index (Phi) is 2.90. The molecule has 0 spiro atoms. The molecule has 19 heavy (non-hydrogen) atoms. The van der Waals surface area contributed by atoms with Crippen molar-refractivity contribution < 1.29 is 9.18 Å². The van der Waals surface area contributed by atoms with E-state index in [9.17, 15) is 9.18 Å². The lowest BCUT2D eigenvalue weighted by Crippen LogP contribution is -2.22. The van der Waals surface area contributed by atoms with Crippen molar-refractivity contribution >= 4 is 33.2 Å². The number of anilines is 2. The predicted molar refractivity (Wildman–Crippen MR) is 76.1 cm³/mol. The van der Waals surface area contributed by atoms with Gasteiger partial charge in [-0.05, 0) is 48.4 Å². The van der Waals surface area contributed by atoms with Gasteiger partial charge in [0.2, 0.25) is 5.91 Å². The van der Waals surface area contributed by atoms with E-state index in [1.165, 1.54) is 11.0 Å². The fraction of sp³-hybridized carbons (Fsp3) is 0.133. The molecule has 2 aromatic carbocycles. The Morgan fingerprint density at radius 3 is 2.74 bits per heavy atom. The minimum absolute atomic E-state index is 0.0994. The van der Waals surface area contributed by atoms with Gasteiger partial charge < -0.3 is 0 Å². The molecule has 0 radical (unpaired) electrons.